The minimum absolute atomic E-state index is 0.0298. The molecule has 2 atom stereocenters. The Morgan fingerprint density at radius 3 is 2.48 bits per heavy atom. The lowest BCUT2D eigenvalue weighted by Gasteiger charge is -2.36. The van der Waals surface area contributed by atoms with Gasteiger partial charge in [0.1, 0.15) is 6.42 Å². The van der Waals surface area contributed by atoms with E-state index >= 15 is 0 Å². The maximum absolute atomic E-state index is 12.5. The molecule has 7 heteroatoms. The number of likely N-dealkylation sites (tertiary alicyclic amines) is 1. The van der Waals surface area contributed by atoms with Gasteiger partial charge in [0.15, 0.2) is 9.84 Å². The van der Waals surface area contributed by atoms with E-state index in [-0.39, 0.29) is 41.8 Å². The third-order valence-corrected chi connectivity index (χ3v) is 6.78. The van der Waals surface area contributed by atoms with Crippen LogP contribution >= 0.6 is 0 Å². The van der Waals surface area contributed by atoms with Crippen molar-refractivity contribution in [2.45, 2.75) is 64.5 Å². The molecule has 6 nitrogen and oxygen atoms in total. The van der Waals surface area contributed by atoms with Crippen LogP contribution in [0.15, 0.2) is 0 Å². The largest absolute Gasteiger partial charge is 0.339 e. The summed E-state index contributed by atoms with van der Waals surface area (Å²) >= 11 is 0. The predicted octanol–water partition coefficient (Wildman–Crippen LogP) is 1.20. The van der Waals surface area contributed by atoms with Crippen LogP contribution in [0.3, 0.4) is 0 Å². The van der Waals surface area contributed by atoms with Crippen molar-refractivity contribution in [2.75, 3.05) is 24.6 Å². The number of carbonyl (C=O) groups is 2. The number of amides is 2. The first kappa shape index (κ1) is 18.2. The van der Waals surface area contributed by atoms with Crippen molar-refractivity contribution in [3.63, 3.8) is 0 Å². The van der Waals surface area contributed by atoms with E-state index in [4.69, 9.17) is 0 Å². The summed E-state index contributed by atoms with van der Waals surface area (Å²) < 4.78 is 23.2. The SMILES string of the molecule is CCC1CCCCN1C(=O)CC(=O)N(CC)C1CCS(=O)(=O)C1. The van der Waals surface area contributed by atoms with E-state index in [1.807, 2.05) is 11.8 Å². The average Bonchev–Trinajstić information content (AvgIpc) is 2.87. The van der Waals surface area contributed by atoms with Crippen LogP contribution in [-0.2, 0) is 19.4 Å². The van der Waals surface area contributed by atoms with E-state index in [0.717, 1.165) is 32.2 Å². The van der Waals surface area contributed by atoms with Gasteiger partial charge in [0, 0.05) is 25.2 Å². The van der Waals surface area contributed by atoms with Crippen LogP contribution in [0.5, 0.6) is 0 Å². The quantitative estimate of drug-likeness (QED) is 0.703. The molecule has 0 aromatic rings. The lowest BCUT2D eigenvalue weighted by Crippen LogP contribution is -2.47. The van der Waals surface area contributed by atoms with E-state index in [9.17, 15) is 18.0 Å². The molecule has 0 aliphatic carbocycles. The lowest BCUT2D eigenvalue weighted by molar-refractivity contribution is -0.143. The number of hydrogen-bond donors (Lipinski definition) is 0. The smallest absolute Gasteiger partial charge is 0.232 e. The van der Waals surface area contributed by atoms with E-state index in [1.165, 1.54) is 0 Å². The second-order valence-electron chi connectivity index (χ2n) is 6.56. The molecule has 0 spiro atoms. The number of hydrogen-bond acceptors (Lipinski definition) is 4. The Morgan fingerprint density at radius 1 is 1.17 bits per heavy atom. The standard InChI is InChI=1S/C16H28N2O4S/c1-3-13-7-5-6-9-18(13)16(20)11-15(19)17(4-2)14-8-10-23(21,22)12-14/h13-14H,3-12H2,1-2H3. The number of nitrogens with zero attached hydrogens (tertiary/aromatic N) is 2. The van der Waals surface area contributed by atoms with Crippen LogP contribution in [0, 0.1) is 0 Å². The fourth-order valence-electron chi connectivity index (χ4n) is 3.75. The predicted molar refractivity (Wildman–Crippen MR) is 88.7 cm³/mol. The molecule has 0 radical (unpaired) electrons. The molecule has 0 N–H and O–H groups in total. The summed E-state index contributed by atoms with van der Waals surface area (Å²) in [7, 11) is -3.04. The number of rotatable bonds is 5. The Labute approximate surface area is 139 Å². The fraction of sp³-hybridized carbons (Fsp3) is 0.875. The molecule has 0 aromatic carbocycles. The second-order valence-corrected chi connectivity index (χ2v) is 8.79. The minimum atomic E-state index is -3.04. The highest BCUT2D eigenvalue weighted by Gasteiger charge is 2.35. The zero-order valence-corrected chi connectivity index (χ0v) is 15.0. The maximum atomic E-state index is 12.5. The van der Waals surface area contributed by atoms with Gasteiger partial charge in [-0.1, -0.05) is 6.92 Å². The molecule has 0 bridgehead atoms. The highest BCUT2D eigenvalue weighted by Crippen LogP contribution is 2.22. The Bertz CT molecular complexity index is 546. The molecule has 2 fully saturated rings. The number of piperidine rings is 1. The number of carbonyl (C=O) groups excluding carboxylic acids is 2. The van der Waals surface area contributed by atoms with Crippen LogP contribution in [-0.4, -0.2) is 66.7 Å². The molecule has 2 aliphatic rings. The van der Waals surface area contributed by atoms with Gasteiger partial charge in [-0.15, -0.1) is 0 Å². The molecule has 2 saturated heterocycles. The maximum Gasteiger partial charge on any atom is 0.232 e. The first-order chi connectivity index (χ1) is 10.9. The summed E-state index contributed by atoms with van der Waals surface area (Å²) in [5.41, 5.74) is 0. The van der Waals surface area contributed by atoms with Gasteiger partial charge in [0.25, 0.3) is 0 Å². The topological polar surface area (TPSA) is 74.8 Å². The van der Waals surface area contributed by atoms with Crippen molar-refractivity contribution in [3.05, 3.63) is 0 Å². The van der Waals surface area contributed by atoms with Crippen molar-refractivity contribution in [3.8, 4) is 0 Å². The van der Waals surface area contributed by atoms with Gasteiger partial charge in [0.05, 0.1) is 11.5 Å². The van der Waals surface area contributed by atoms with Crippen molar-refractivity contribution in [1.82, 2.24) is 9.80 Å². The molecule has 2 amide bonds. The van der Waals surface area contributed by atoms with Crippen LogP contribution in [0.2, 0.25) is 0 Å². The first-order valence-electron chi connectivity index (χ1n) is 8.67. The molecule has 2 aliphatic heterocycles. The van der Waals surface area contributed by atoms with Crippen molar-refractivity contribution >= 4 is 21.7 Å². The minimum Gasteiger partial charge on any atom is -0.339 e. The molecule has 2 heterocycles. The number of sulfone groups is 1. The van der Waals surface area contributed by atoms with Gasteiger partial charge < -0.3 is 9.80 Å². The Kier molecular flexibility index (Phi) is 6.06. The summed E-state index contributed by atoms with van der Waals surface area (Å²) in [4.78, 5) is 28.4. The molecule has 2 unspecified atom stereocenters. The molecular weight excluding hydrogens is 316 g/mol. The Morgan fingerprint density at radius 2 is 1.91 bits per heavy atom. The molecule has 23 heavy (non-hydrogen) atoms. The highest BCUT2D eigenvalue weighted by molar-refractivity contribution is 7.91. The summed E-state index contributed by atoms with van der Waals surface area (Å²) in [6, 6.07) is -0.0281. The second kappa shape index (κ2) is 7.64. The third kappa shape index (κ3) is 4.46. The van der Waals surface area contributed by atoms with E-state index in [0.29, 0.717) is 13.0 Å². The van der Waals surface area contributed by atoms with E-state index in [1.54, 1.807) is 4.90 Å². The first-order valence-corrected chi connectivity index (χ1v) is 10.5. The normalized spacial score (nSPS) is 27.0. The van der Waals surface area contributed by atoms with Crippen molar-refractivity contribution in [2.24, 2.45) is 0 Å². The van der Waals surface area contributed by atoms with Gasteiger partial charge >= 0.3 is 0 Å². The van der Waals surface area contributed by atoms with Gasteiger partial charge in [-0.2, -0.15) is 0 Å². The molecule has 2 rings (SSSR count). The molecular formula is C16H28N2O4S. The third-order valence-electron chi connectivity index (χ3n) is 5.03. The molecule has 132 valence electrons. The summed E-state index contributed by atoms with van der Waals surface area (Å²) in [5, 5.41) is 0. The van der Waals surface area contributed by atoms with Crippen molar-refractivity contribution in [1.29, 1.82) is 0 Å². The lowest BCUT2D eigenvalue weighted by atomic mass is 9.99. The van der Waals surface area contributed by atoms with Crippen LogP contribution in [0.1, 0.15) is 52.4 Å². The summed E-state index contributed by atoms with van der Waals surface area (Å²) in [6.07, 6.45) is 4.40. The van der Waals surface area contributed by atoms with Crippen LogP contribution in [0.25, 0.3) is 0 Å². The Hall–Kier alpha value is -1.11. The van der Waals surface area contributed by atoms with Crippen molar-refractivity contribution < 1.29 is 18.0 Å². The van der Waals surface area contributed by atoms with Gasteiger partial charge in [-0.3, -0.25) is 9.59 Å². The van der Waals surface area contributed by atoms with E-state index in [2.05, 4.69) is 6.92 Å². The zero-order valence-electron chi connectivity index (χ0n) is 14.2. The van der Waals surface area contributed by atoms with E-state index < -0.39 is 9.84 Å². The van der Waals surface area contributed by atoms with Gasteiger partial charge in [0.2, 0.25) is 11.8 Å². The van der Waals surface area contributed by atoms with Crippen LogP contribution in [0.4, 0.5) is 0 Å². The average molecular weight is 344 g/mol. The monoisotopic (exact) mass is 344 g/mol. The Balaban J connectivity index is 1.97. The summed E-state index contributed by atoms with van der Waals surface area (Å²) in [5.74, 6) is -0.178. The van der Waals surface area contributed by atoms with Gasteiger partial charge in [-0.25, -0.2) is 8.42 Å². The summed E-state index contributed by atoms with van der Waals surface area (Å²) in [6.45, 7) is 5.08. The highest BCUT2D eigenvalue weighted by atomic mass is 32.2. The molecule has 0 saturated carbocycles. The van der Waals surface area contributed by atoms with Gasteiger partial charge in [-0.05, 0) is 39.0 Å². The zero-order chi connectivity index (χ0) is 17.0. The van der Waals surface area contributed by atoms with Crippen LogP contribution < -0.4 is 0 Å². The fourth-order valence-corrected chi connectivity index (χ4v) is 5.48. The molecule has 0 aromatic heterocycles.